The average Bonchev–Trinajstić information content (AvgIpc) is 2.71. The number of hydrogen-bond donors (Lipinski definition) is 4. The highest BCUT2D eigenvalue weighted by Crippen LogP contribution is 2.11. The van der Waals surface area contributed by atoms with Gasteiger partial charge in [-0.05, 0) is 71.1 Å². The topological polar surface area (TPSA) is 125 Å². The van der Waals surface area contributed by atoms with Gasteiger partial charge in [0.2, 0.25) is 18.2 Å². The quantitative estimate of drug-likeness (QED) is 0.202. The van der Waals surface area contributed by atoms with Crippen molar-refractivity contribution in [3.8, 4) is 0 Å². The van der Waals surface area contributed by atoms with Crippen molar-refractivity contribution in [3.05, 3.63) is 33.4 Å². The van der Waals surface area contributed by atoms with E-state index in [1.807, 2.05) is 44.4 Å². The van der Waals surface area contributed by atoms with Gasteiger partial charge < -0.3 is 21.1 Å². The van der Waals surface area contributed by atoms with Gasteiger partial charge in [0, 0.05) is 9.99 Å². The third-order valence-electron chi connectivity index (χ3n) is 4.50. The van der Waals surface area contributed by atoms with Gasteiger partial charge in [-0.1, -0.05) is 26.0 Å². The summed E-state index contributed by atoms with van der Waals surface area (Å²) in [6, 6.07) is 4.59. The largest absolute Gasteiger partial charge is 0.480 e. The summed E-state index contributed by atoms with van der Waals surface area (Å²) in [5.74, 6) is -1.43. The lowest BCUT2D eigenvalue weighted by atomic mass is 10.0. The molecule has 0 spiro atoms. The molecular formula is C21H30IN3O5S. The molecule has 0 aliphatic rings. The molecule has 0 fully saturated rings. The Kier molecular flexibility index (Phi) is 12.5. The Morgan fingerprint density at radius 1 is 1.06 bits per heavy atom. The molecule has 3 atom stereocenters. The number of carboxylic acid groups (broad SMARTS) is 1. The number of thioether (sulfide) groups is 1. The normalized spacial score (nSPS) is 13.7. The Balaban J connectivity index is 2.90. The van der Waals surface area contributed by atoms with E-state index in [-0.39, 0.29) is 12.3 Å². The third-order valence-corrected chi connectivity index (χ3v) is 5.87. The minimum absolute atomic E-state index is 0.0826. The van der Waals surface area contributed by atoms with E-state index in [1.54, 1.807) is 11.8 Å². The van der Waals surface area contributed by atoms with E-state index in [1.165, 1.54) is 0 Å². The van der Waals surface area contributed by atoms with Crippen molar-refractivity contribution in [1.29, 1.82) is 0 Å². The molecule has 0 aliphatic heterocycles. The van der Waals surface area contributed by atoms with Gasteiger partial charge in [0.1, 0.15) is 18.1 Å². The molecule has 1 aromatic carbocycles. The van der Waals surface area contributed by atoms with Crippen molar-refractivity contribution < 1.29 is 24.3 Å². The predicted octanol–water partition coefficient (Wildman–Crippen LogP) is 1.80. The standard InChI is InChI=1S/C21H30IN3O5S/c1-13(2)10-17(24-19(27)16(23-12-26)8-9-31-3)20(28)25-18(21(29)30)11-14-4-6-15(22)7-5-14/h4-7,12-13,16-18H,8-11H2,1-3H3,(H,23,26)(H,24,27)(H,25,28)(H,29,30)/t16-,17+,18-/m0/s1. The Bertz CT molecular complexity index is 745. The highest BCUT2D eigenvalue weighted by molar-refractivity contribution is 14.1. The number of aliphatic carboxylic acids is 1. The molecule has 0 saturated carbocycles. The van der Waals surface area contributed by atoms with Crippen LogP contribution >= 0.6 is 34.4 Å². The van der Waals surface area contributed by atoms with E-state index in [2.05, 4.69) is 38.5 Å². The van der Waals surface area contributed by atoms with Crippen LogP contribution in [0.3, 0.4) is 0 Å². The van der Waals surface area contributed by atoms with Gasteiger partial charge in [-0.25, -0.2) is 4.79 Å². The Hall–Kier alpha value is -1.82. The second-order valence-corrected chi connectivity index (χ2v) is 9.77. The van der Waals surface area contributed by atoms with Crippen LogP contribution in [0.1, 0.15) is 32.3 Å². The zero-order valence-corrected chi connectivity index (χ0v) is 20.9. The molecule has 172 valence electrons. The van der Waals surface area contributed by atoms with Crippen LogP contribution in [-0.4, -0.2) is 59.4 Å². The first-order valence-corrected chi connectivity index (χ1v) is 12.4. The highest BCUT2D eigenvalue weighted by atomic mass is 127. The van der Waals surface area contributed by atoms with Crippen molar-refractivity contribution >= 4 is 58.5 Å². The average molecular weight is 563 g/mol. The number of amides is 3. The van der Waals surface area contributed by atoms with Crippen LogP contribution in [0.25, 0.3) is 0 Å². The van der Waals surface area contributed by atoms with Gasteiger partial charge in [0.05, 0.1) is 0 Å². The van der Waals surface area contributed by atoms with E-state index in [0.29, 0.717) is 25.0 Å². The van der Waals surface area contributed by atoms with Crippen LogP contribution in [0.5, 0.6) is 0 Å². The lowest BCUT2D eigenvalue weighted by molar-refractivity contribution is -0.142. The van der Waals surface area contributed by atoms with E-state index in [4.69, 9.17) is 0 Å². The number of benzene rings is 1. The third kappa shape index (κ3) is 10.4. The summed E-state index contributed by atoms with van der Waals surface area (Å²) in [7, 11) is 0. The van der Waals surface area contributed by atoms with Gasteiger partial charge in [-0.2, -0.15) is 11.8 Å². The van der Waals surface area contributed by atoms with Crippen LogP contribution in [0.2, 0.25) is 0 Å². The van der Waals surface area contributed by atoms with Crippen LogP contribution in [-0.2, 0) is 25.6 Å². The lowest BCUT2D eigenvalue weighted by Gasteiger charge is -2.25. The predicted molar refractivity (Wildman–Crippen MR) is 130 cm³/mol. The molecule has 1 rings (SSSR count). The van der Waals surface area contributed by atoms with E-state index < -0.39 is 35.9 Å². The maximum Gasteiger partial charge on any atom is 0.326 e. The van der Waals surface area contributed by atoms with Crippen molar-refractivity contribution in [2.45, 2.75) is 51.2 Å². The second-order valence-electron chi connectivity index (χ2n) is 7.54. The molecule has 0 aliphatic carbocycles. The molecule has 0 bridgehead atoms. The maximum absolute atomic E-state index is 12.9. The lowest BCUT2D eigenvalue weighted by Crippen LogP contribution is -2.55. The zero-order valence-electron chi connectivity index (χ0n) is 17.9. The number of carbonyl (C=O) groups excluding carboxylic acids is 3. The zero-order chi connectivity index (χ0) is 23.4. The first kappa shape index (κ1) is 27.2. The Morgan fingerprint density at radius 2 is 1.65 bits per heavy atom. The monoisotopic (exact) mass is 563 g/mol. The first-order valence-electron chi connectivity index (χ1n) is 9.94. The molecule has 31 heavy (non-hydrogen) atoms. The highest BCUT2D eigenvalue weighted by Gasteiger charge is 2.29. The first-order chi connectivity index (χ1) is 14.7. The fraction of sp³-hybridized carbons (Fsp3) is 0.524. The Labute approximate surface area is 200 Å². The molecule has 0 unspecified atom stereocenters. The van der Waals surface area contributed by atoms with Gasteiger partial charge >= 0.3 is 5.97 Å². The maximum atomic E-state index is 12.9. The number of rotatable bonds is 14. The summed E-state index contributed by atoms with van der Waals surface area (Å²) in [4.78, 5) is 48.1. The van der Waals surface area contributed by atoms with Crippen LogP contribution in [0, 0.1) is 9.49 Å². The van der Waals surface area contributed by atoms with Crippen molar-refractivity contribution in [2.75, 3.05) is 12.0 Å². The minimum Gasteiger partial charge on any atom is -0.480 e. The summed E-state index contributed by atoms with van der Waals surface area (Å²) >= 11 is 3.70. The fourth-order valence-corrected chi connectivity index (χ4v) is 3.74. The number of nitrogens with one attached hydrogen (secondary N) is 3. The van der Waals surface area contributed by atoms with Crippen LogP contribution in [0.4, 0.5) is 0 Å². The number of carbonyl (C=O) groups is 4. The van der Waals surface area contributed by atoms with Crippen LogP contribution in [0.15, 0.2) is 24.3 Å². The van der Waals surface area contributed by atoms with Crippen molar-refractivity contribution in [3.63, 3.8) is 0 Å². The summed E-state index contributed by atoms with van der Waals surface area (Å²) in [5, 5.41) is 17.3. The molecular weight excluding hydrogens is 533 g/mol. The van der Waals surface area contributed by atoms with Gasteiger partial charge in [0.15, 0.2) is 0 Å². The Morgan fingerprint density at radius 3 is 2.16 bits per heavy atom. The molecule has 3 amide bonds. The van der Waals surface area contributed by atoms with E-state index in [9.17, 15) is 24.3 Å². The van der Waals surface area contributed by atoms with E-state index >= 15 is 0 Å². The van der Waals surface area contributed by atoms with Crippen molar-refractivity contribution in [1.82, 2.24) is 16.0 Å². The summed E-state index contributed by atoms with van der Waals surface area (Å²) in [5.41, 5.74) is 0.782. The van der Waals surface area contributed by atoms with Gasteiger partial charge in [-0.3, -0.25) is 14.4 Å². The molecule has 0 aromatic heterocycles. The minimum atomic E-state index is -1.15. The molecule has 10 heteroatoms. The molecule has 0 radical (unpaired) electrons. The number of carboxylic acids is 1. The molecule has 4 N–H and O–H groups in total. The molecule has 8 nitrogen and oxygen atoms in total. The molecule has 0 saturated heterocycles. The summed E-state index contributed by atoms with van der Waals surface area (Å²) < 4.78 is 1.02. The van der Waals surface area contributed by atoms with Gasteiger partial charge in [-0.15, -0.1) is 0 Å². The fourth-order valence-electron chi connectivity index (χ4n) is 2.91. The van der Waals surface area contributed by atoms with E-state index in [0.717, 1.165) is 9.13 Å². The molecule has 1 aromatic rings. The van der Waals surface area contributed by atoms with Crippen LogP contribution < -0.4 is 16.0 Å². The van der Waals surface area contributed by atoms with Gasteiger partial charge in [0.25, 0.3) is 0 Å². The molecule has 0 heterocycles. The van der Waals surface area contributed by atoms with Crippen molar-refractivity contribution in [2.24, 2.45) is 5.92 Å². The second kappa shape index (κ2) is 14.3. The SMILES string of the molecule is CSCC[C@H](NC=O)C(=O)N[C@H](CC(C)C)C(=O)N[C@@H](Cc1ccc(I)cc1)C(=O)O. The summed E-state index contributed by atoms with van der Waals surface area (Å²) in [6.45, 7) is 3.81. The summed E-state index contributed by atoms with van der Waals surface area (Å²) in [6.07, 6.45) is 3.24. The number of halogens is 1. The number of hydrogen-bond acceptors (Lipinski definition) is 5. The smallest absolute Gasteiger partial charge is 0.326 e.